The third-order valence-corrected chi connectivity index (χ3v) is 4.37. The van der Waals surface area contributed by atoms with Crippen molar-refractivity contribution in [3.63, 3.8) is 0 Å². The van der Waals surface area contributed by atoms with Gasteiger partial charge in [0.2, 0.25) is 0 Å². The fourth-order valence-corrected chi connectivity index (χ4v) is 2.81. The molecule has 0 aliphatic heterocycles. The van der Waals surface area contributed by atoms with Gasteiger partial charge in [0.15, 0.2) is 0 Å². The van der Waals surface area contributed by atoms with Crippen molar-refractivity contribution >= 4 is 29.1 Å². The van der Waals surface area contributed by atoms with E-state index in [2.05, 4.69) is 37.4 Å². The molecule has 0 aliphatic rings. The van der Waals surface area contributed by atoms with E-state index in [-0.39, 0.29) is 11.9 Å². The molecule has 4 heteroatoms. The number of halogens is 2. The molecule has 0 saturated heterocycles. The summed E-state index contributed by atoms with van der Waals surface area (Å²) < 4.78 is 0. The first-order valence-electron chi connectivity index (χ1n) is 7.25. The van der Waals surface area contributed by atoms with Crippen LogP contribution in [0.3, 0.4) is 0 Å². The van der Waals surface area contributed by atoms with Gasteiger partial charge in [-0.3, -0.25) is 4.79 Å². The molecule has 2 nitrogen and oxygen atoms in total. The Morgan fingerprint density at radius 2 is 1.82 bits per heavy atom. The van der Waals surface area contributed by atoms with Gasteiger partial charge in [0.05, 0.1) is 16.6 Å². The Labute approximate surface area is 141 Å². The molecule has 116 valence electrons. The Morgan fingerprint density at radius 1 is 1.09 bits per heavy atom. The molecule has 1 N–H and O–H groups in total. The summed E-state index contributed by atoms with van der Waals surface area (Å²) in [6.45, 7) is 6.19. The van der Waals surface area contributed by atoms with Gasteiger partial charge < -0.3 is 5.32 Å². The second-order valence-corrected chi connectivity index (χ2v) is 6.25. The lowest BCUT2D eigenvalue weighted by atomic mass is 9.99. The number of benzene rings is 2. The van der Waals surface area contributed by atoms with E-state index in [1.807, 2.05) is 6.92 Å². The molecule has 0 saturated carbocycles. The van der Waals surface area contributed by atoms with Gasteiger partial charge in [-0.25, -0.2) is 0 Å². The Balaban J connectivity index is 2.22. The predicted octanol–water partition coefficient (Wildman–Crippen LogP) is 5.49. The predicted molar refractivity (Wildman–Crippen MR) is 92.9 cm³/mol. The quantitative estimate of drug-likeness (QED) is 0.786. The van der Waals surface area contributed by atoms with Gasteiger partial charge in [-0.05, 0) is 55.2 Å². The Hall–Kier alpha value is -1.51. The summed E-state index contributed by atoms with van der Waals surface area (Å²) >= 11 is 12.0. The van der Waals surface area contributed by atoms with Crippen molar-refractivity contribution in [2.45, 2.75) is 33.2 Å². The zero-order valence-corrected chi connectivity index (χ0v) is 14.4. The van der Waals surface area contributed by atoms with E-state index in [0.717, 1.165) is 12.0 Å². The van der Waals surface area contributed by atoms with Crippen LogP contribution >= 0.6 is 23.2 Å². The van der Waals surface area contributed by atoms with Crippen LogP contribution in [-0.4, -0.2) is 5.91 Å². The highest BCUT2D eigenvalue weighted by Crippen LogP contribution is 2.24. The van der Waals surface area contributed by atoms with Gasteiger partial charge >= 0.3 is 0 Å². The molecule has 0 fully saturated rings. The van der Waals surface area contributed by atoms with Crippen molar-refractivity contribution < 1.29 is 4.79 Å². The first-order valence-corrected chi connectivity index (χ1v) is 8.01. The molecule has 0 unspecified atom stereocenters. The van der Waals surface area contributed by atoms with E-state index in [4.69, 9.17) is 23.2 Å². The van der Waals surface area contributed by atoms with E-state index in [0.29, 0.717) is 15.6 Å². The van der Waals surface area contributed by atoms with Crippen LogP contribution < -0.4 is 5.32 Å². The molecule has 1 atom stereocenters. The largest absolute Gasteiger partial charge is 0.345 e. The lowest BCUT2D eigenvalue weighted by Crippen LogP contribution is -2.28. The van der Waals surface area contributed by atoms with E-state index in [1.165, 1.54) is 11.1 Å². The van der Waals surface area contributed by atoms with Crippen molar-refractivity contribution in [2.24, 2.45) is 0 Å². The minimum atomic E-state index is -0.188. The van der Waals surface area contributed by atoms with Gasteiger partial charge in [-0.15, -0.1) is 0 Å². The number of amides is 1. The van der Waals surface area contributed by atoms with Gasteiger partial charge in [0, 0.05) is 5.02 Å². The van der Waals surface area contributed by atoms with Gasteiger partial charge in [-0.1, -0.05) is 48.3 Å². The summed E-state index contributed by atoms with van der Waals surface area (Å²) in [5.74, 6) is -0.188. The molecule has 0 bridgehead atoms. The van der Waals surface area contributed by atoms with Gasteiger partial charge in [0.1, 0.15) is 0 Å². The summed E-state index contributed by atoms with van der Waals surface area (Å²) in [6.07, 6.45) is 0.805. The lowest BCUT2D eigenvalue weighted by Gasteiger charge is -2.19. The summed E-state index contributed by atoms with van der Waals surface area (Å²) in [5.41, 5.74) is 4.00. The van der Waals surface area contributed by atoms with E-state index < -0.39 is 0 Å². The zero-order chi connectivity index (χ0) is 16.3. The number of rotatable bonds is 4. The maximum absolute atomic E-state index is 12.4. The van der Waals surface area contributed by atoms with Crippen LogP contribution in [0.15, 0.2) is 36.4 Å². The molecule has 2 aromatic carbocycles. The van der Waals surface area contributed by atoms with Crippen LogP contribution in [-0.2, 0) is 0 Å². The zero-order valence-electron chi connectivity index (χ0n) is 12.9. The smallest absolute Gasteiger partial charge is 0.253 e. The number of hydrogen-bond acceptors (Lipinski definition) is 1. The van der Waals surface area contributed by atoms with Crippen LogP contribution in [0, 0.1) is 13.8 Å². The van der Waals surface area contributed by atoms with Gasteiger partial charge in [-0.2, -0.15) is 0 Å². The third-order valence-electron chi connectivity index (χ3n) is 3.82. The summed E-state index contributed by atoms with van der Waals surface area (Å²) in [7, 11) is 0. The maximum Gasteiger partial charge on any atom is 0.253 e. The fraction of sp³-hybridized carbons (Fsp3) is 0.278. The fourth-order valence-electron chi connectivity index (χ4n) is 2.31. The molecule has 0 radical (unpaired) electrons. The minimum Gasteiger partial charge on any atom is -0.345 e. The van der Waals surface area contributed by atoms with E-state index in [1.54, 1.807) is 18.2 Å². The number of hydrogen-bond donors (Lipinski definition) is 1. The number of aryl methyl sites for hydroxylation is 2. The molecule has 1 amide bonds. The van der Waals surface area contributed by atoms with Crippen molar-refractivity contribution in [1.29, 1.82) is 0 Å². The molecule has 0 aromatic heterocycles. The molecule has 0 aliphatic carbocycles. The topological polar surface area (TPSA) is 29.1 Å². The highest BCUT2D eigenvalue weighted by atomic mass is 35.5. The SMILES string of the molecule is CC[C@H](NC(=O)c1ccc(Cl)cc1Cl)c1ccc(C)c(C)c1. The standard InChI is InChI=1S/C18H19Cl2NO/c1-4-17(13-6-5-11(2)12(3)9-13)21-18(22)15-8-7-14(19)10-16(15)20/h5-10,17H,4H2,1-3H3,(H,21,22)/t17-/m0/s1. The molecule has 0 spiro atoms. The molecular formula is C18H19Cl2NO. The molecule has 0 heterocycles. The van der Waals surface area contributed by atoms with Crippen LogP contribution in [0.4, 0.5) is 0 Å². The molecular weight excluding hydrogens is 317 g/mol. The van der Waals surface area contributed by atoms with Crippen LogP contribution in [0.1, 0.15) is 46.4 Å². The van der Waals surface area contributed by atoms with Crippen LogP contribution in [0.25, 0.3) is 0 Å². The van der Waals surface area contributed by atoms with E-state index >= 15 is 0 Å². The highest BCUT2D eigenvalue weighted by molar-refractivity contribution is 6.36. The van der Waals surface area contributed by atoms with E-state index in [9.17, 15) is 4.79 Å². The second kappa shape index (κ2) is 7.17. The van der Waals surface area contributed by atoms with Crippen LogP contribution in [0.5, 0.6) is 0 Å². The Bertz CT molecular complexity index is 697. The monoisotopic (exact) mass is 335 g/mol. The third kappa shape index (κ3) is 3.82. The minimum absolute atomic E-state index is 0.0430. The highest BCUT2D eigenvalue weighted by Gasteiger charge is 2.16. The summed E-state index contributed by atoms with van der Waals surface area (Å²) in [4.78, 5) is 12.4. The summed E-state index contributed by atoms with van der Waals surface area (Å²) in [5, 5.41) is 3.92. The van der Waals surface area contributed by atoms with Crippen LogP contribution in [0.2, 0.25) is 10.0 Å². The number of nitrogens with one attached hydrogen (secondary N) is 1. The molecule has 2 aromatic rings. The van der Waals surface area contributed by atoms with Gasteiger partial charge in [0.25, 0.3) is 5.91 Å². The van der Waals surface area contributed by atoms with Crippen molar-refractivity contribution in [3.8, 4) is 0 Å². The number of carbonyl (C=O) groups excluding carboxylic acids is 1. The average molecular weight is 336 g/mol. The molecule has 2 rings (SSSR count). The Morgan fingerprint density at radius 3 is 2.41 bits per heavy atom. The first kappa shape index (κ1) is 16.9. The average Bonchev–Trinajstić information content (AvgIpc) is 2.47. The number of carbonyl (C=O) groups is 1. The summed E-state index contributed by atoms with van der Waals surface area (Å²) in [6, 6.07) is 11.1. The second-order valence-electron chi connectivity index (χ2n) is 5.40. The lowest BCUT2D eigenvalue weighted by molar-refractivity contribution is 0.0935. The normalized spacial score (nSPS) is 12.0. The maximum atomic E-state index is 12.4. The van der Waals surface area contributed by atoms with Crippen molar-refractivity contribution in [1.82, 2.24) is 5.32 Å². The van der Waals surface area contributed by atoms with Crippen molar-refractivity contribution in [3.05, 3.63) is 68.7 Å². The molecule has 22 heavy (non-hydrogen) atoms. The van der Waals surface area contributed by atoms with Crippen molar-refractivity contribution in [2.75, 3.05) is 0 Å². The first-order chi connectivity index (χ1) is 10.4. The Kier molecular flexibility index (Phi) is 5.49.